The number of hydrogen-bond acceptors (Lipinski definition) is 3. The molecule has 6 nitrogen and oxygen atoms in total. The molecule has 2 aromatic rings. The smallest absolute Gasteiger partial charge is 0.191 e. The Kier molecular flexibility index (Phi) is 10.2. The lowest BCUT2D eigenvalue weighted by molar-refractivity contribution is 0.555. The molecule has 0 aliphatic heterocycles. The van der Waals surface area contributed by atoms with Crippen LogP contribution >= 0.6 is 24.0 Å². The number of aliphatic imine (C=N–C) groups is 1. The van der Waals surface area contributed by atoms with Gasteiger partial charge in [0.25, 0.3) is 0 Å². The number of halogens is 1. The molecule has 0 unspecified atom stereocenters. The number of benzene rings is 1. The van der Waals surface area contributed by atoms with Crippen LogP contribution in [0.25, 0.3) is 0 Å². The van der Waals surface area contributed by atoms with Crippen molar-refractivity contribution in [3.8, 4) is 0 Å². The summed E-state index contributed by atoms with van der Waals surface area (Å²) < 4.78 is 2.06. The summed E-state index contributed by atoms with van der Waals surface area (Å²) in [7, 11) is 4.10. The molecule has 1 aromatic carbocycles. The molecule has 0 saturated carbocycles. The largest absolute Gasteiger partial charge is 0.378 e. The first-order chi connectivity index (χ1) is 12.5. The Morgan fingerprint density at radius 1 is 1.19 bits per heavy atom. The monoisotopic (exact) mass is 484 g/mol. The number of anilines is 1. The average molecular weight is 484 g/mol. The lowest BCUT2D eigenvalue weighted by atomic mass is 10.2. The van der Waals surface area contributed by atoms with Crippen molar-refractivity contribution in [1.29, 1.82) is 0 Å². The van der Waals surface area contributed by atoms with Gasteiger partial charge in [0, 0.05) is 45.1 Å². The van der Waals surface area contributed by atoms with Crippen molar-refractivity contribution in [2.45, 2.75) is 40.3 Å². The Morgan fingerprint density at radius 2 is 1.96 bits per heavy atom. The summed E-state index contributed by atoms with van der Waals surface area (Å²) in [6, 6.07) is 10.6. The molecule has 1 aromatic heterocycles. The average Bonchev–Trinajstić information content (AvgIpc) is 2.94. The molecule has 2 rings (SSSR count). The SMILES string of the molecule is CCNC(=NCc1cccc(N(C)C)c1)NCCCn1nc(C)cc1C.I. The second-order valence-electron chi connectivity index (χ2n) is 6.69. The van der Waals surface area contributed by atoms with Gasteiger partial charge in [-0.25, -0.2) is 4.99 Å². The van der Waals surface area contributed by atoms with Gasteiger partial charge in [0.1, 0.15) is 0 Å². The van der Waals surface area contributed by atoms with Crippen molar-refractivity contribution >= 4 is 35.6 Å². The zero-order valence-corrected chi connectivity index (χ0v) is 19.4. The number of rotatable bonds is 8. The molecule has 1 heterocycles. The second-order valence-corrected chi connectivity index (χ2v) is 6.69. The van der Waals surface area contributed by atoms with Crippen molar-refractivity contribution in [3.63, 3.8) is 0 Å². The van der Waals surface area contributed by atoms with Gasteiger partial charge in [-0.2, -0.15) is 5.10 Å². The van der Waals surface area contributed by atoms with Crippen LogP contribution in [0.4, 0.5) is 5.69 Å². The summed E-state index contributed by atoms with van der Waals surface area (Å²) in [4.78, 5) is 6.81. The van der Waals surface area contributed by atoms with Crippen LogP contribution in [0, 0.1) is 13.8 Å². The molecule has 0 fully saturated rings. The highest BCUT2D eigenvalue weighted by molar-refractivity contribution is 14.0. The van der Waals surface area contributed by atoms with E-state index in [1.807, 2.05) is 6.92 Å². The molecule has 0 aliphatic carbocycles. The van der Waals surface area contributed by atoms with Gasteiger partial charge in [-0.1, -0.05) is 12.1 Å². The topological polar surface area (TPSA) is 57.5 Å². The molecular weight excluding hydrogens is 451 g/mol. The van der Waals surface area contributed by atoms with Crippen molar-refractivity contribution in [3.05, 3.63) is 47.3 Å². The lowest BCUT2D eigenvalue weighted by Gasteiger charge is -2.14. The van der Waals surface area contributed by atoms with E-state index in [1.54, 1.807) is 0 Å². The Balaban J connectivity index is 0.00000364. The first kappa shape index (κ1) is 23.3. The quantitative estimate of drug-likeness (QED) is 0.261. The number of aryl methyl sites for hydroxylation is 3. The molecule has 2 N–H and O–H groups in total. The van der Waals surface area contributed by atoms with E-state index in [4.69, 9.17) is 4.99 Å². The number of aromatic nitrogens is 2. The predicted octanol–water partition coefficient (Wildman–Crippen LogP) is 3.33. The van der Waals surface area contributed by atoms with E-state index in [0.717, 1.165) is 37.7 Å². The first-order valence-corrected chi connectivity index (χ1v) is 9.29. The number of hydrogen-bond donors (Lipinski definition) is 2. The number of nitrogens with one attached hydrogen (secondary N) is 2. The number of guanidine groups is 1. The summed E-state index contributed by atoms with van der Waals surface area (Å²) in [5, 5.41) is 11.2. The van der Waals surface area contributed by atoms with Crippen LogP contribution in [-0.4, -0.2) is 42.9 Å². The molecule has 0 bridgehead atoms. The van der Waals surface area contributed by atoms with Crippen LogP contribution in [0.5, 0.6) is 0 Å². The van der Waals surface area contributed by atoms with Crippen LogP contribution in [0.15, 0.2) is 35.3 Å². The lowest BCUT2D eigenvalue weighted by Crippen LogP contribution is -2.38. The maximum atomic E-state index is 4.70. The van der Waals surface area contributed by atoms with Crippen LogP contribution in [-0.2, 0) is 13.1 Å². The highest BCUT2D eigenvalue weighted by Gasteiger charge is 2.02. The fraction of sp³-hybridized carbons (Fsp3) is 0.500. The first-order valence-electron chi connectivity index (χ1n) is 9.29. The minimum Gasteiger partial charge on any atom is -0.378 e. The summed E-state index contributed by atoms with van der Waals surface area (Å²) in [6.07, 6.45) is 1.00. The van der Waals surface area contributed by atoms with Gasteiger partial charge in [0.05, 0.1) is 12.2 Å². The highest BCUT2D eigenvalue weighted by Crippen LogP contribution is 2.13. The third-order valence-corrected chi connectivity index (χ3v) is 4.13. The minimum atomic E-state index is 0. The predicted molar refractivity (Wildman–Crippen MR) is 125 cm³/mol. The van der Waals surface area contributed by atoms with Crippen LogP contribution in [0.3, 0.4) is 0 Å². The van der Waals surface area contributed by atoms with E-state index in [0.29, 0.717) is 6.54 Å². The van der Waals surface area contributed by atoms with Gasteiger partial charge in [0.15, 0.2) is 5.96 Å². The molecule has 0 radical (unpaired) electrons. The molecule has 150 valence electrons. The van der Waals surface area contributed by atoms with Gasteiger partial charge < -0.3 is 15.5 Å². The Labute approximate surface area is 180 Å². The molecule has 0 aliphatic rings. The van der Waals surface area contributed by atoms with Crippen molar-refractivity contribution in [2.75, 3.05) is 32.1 Å². The fourth-order valence-corrected chi connectivity index (χ4v) is 2.78. The highest BCUT2D eigenvalue weighted by atomic mass is 127. The third kappa shape index (κ3) is 7.78. The third-order valence-electron chi connectivity index (χ3n) is 4.13. The summed E-state index contributed by atoms with van der Waals surface area (Å²) in [5.74, 6) is 0.858. The van der Waals surface area contributed by atoms with Crippen molar-refractivity contribution in [1.82, 2.24) is 20.4 Å². The molecule has 0 amide bonds. The normalized spacial score (nSPS) is 11.1. The van der Waals surface area contributed by atoms with E-state index in [1.165, 1.54) is 16.9 Å². The van der Waals surface area contributed by atoms with Crippen molar-refractivity contribution in [2.24, 2.45) is 4.99 Å². The second kappa shape index (κ2) is 11.8. The molecular formula is C20H33IN6. The summed E-state index contributed by atoms with van der Waals surface area (Å²) >= 11 is 0. The van der Waals surface area contributed by atoms with E-state index < -0.39 is 0 Å². The van der Waals surface area contributed by atoms with Crippen LogP contribution < -0.4 is 15.5 Å². The maximum absolute atomic E-state index is 4.70. The molecule has 0 atom stereocenters. The van der Waals surface area contributed by atoms with Gasteiger partial charge in [-0.15, -0.1) is 24.0 Å². The van der Waals surface area contributed by atoms with E-state index in [-0.39, 0.29) is 24.0 Å². The van der Waals surface area contributed by atoms with E-state index >= 15 is 0 Å². The minimum absolute atomic E-state index is 0. The van der Waals surface area contributed by atoms with Gasteiger partial charge >= 0.3 is 0 Å². The van der Waals surface area contributed by atoms with Gasteiger partial charge in [-0.3, -0.25) is 4.68 Å². The maximum Gasteiger partial charge on any atom is 0.191 e. The fourth-order valence-electron chi connectivity index (χ4n) is 2.78. The molecule has 0 spiro atoms. The van der Waals surface area contributed by atoms with Crippen LogP contribution in [0.2, 0.25) is 0 Å². The number of nitrogens with zero attached hydrogens (tertiary/aromatic N) is 4. The standard InChI is InChI=1S/C20H32N6.HI/c1-6-21-20(22-11-8-12-26-17(3)13-16(2)24-26)23-15-18-9-7-10-19(14-18)25(4)5;/h7,9-10,13-14H,6,8,11-12,15H2,1-5H3,(H2,21,22,23);1H. The Morgan fingerprint density at radius 3 is 2.59 bits per heavy atom. The molecule has 7 heteroatoms. The van der Waals surface area contributed by atoms with E-state index in [2.05, 4.69) is 83.6 Å². The Hall–Kier alpha value is -1.77. The molecule has 27 heavy (non-hydrogen) atoms. The van der Waals surface area contributed by atoms with E-state index in [9.17, 15) is 0 Å². The van der Waals surface area contributed by atoms with Crippen molar-refractivity contribution < 1.29 is 0 Å². The van der Waals surface area contributed by atoms with Gasteiger partial charge in [0.2, 0.25) is 0 Å². The van der Waals surface area contributed by atoms with Gasteiger partial charge in [-0.05, 0) is 51.0 Å². The zero-order chi connectivity index (χ0) is 18.9. The molecule has 0 saturated heterocycles. The summed E-state index contributed by atoms with van der Waals surface area (Å²) in [6.45, 7) is 9.50. The Bertz CT molecular complexity index is 723. The zero-order valence-electron chi connectivity index (χ0n) is 17.1. The van der Waals surface area contributed by atoms with Crippen LogP contribution in [0.1, 0.15) is 30.3 Å². The summed E-state index contributed by atoms with van der Waals surface area (Å²) in [5.41, 5.74) is 4.69.